The monoisotopic (exact) mass is 468 g/mol. The van der Waals surface area contributed by atoms with Gasteiger partial charge in [0.15, 0.2) is 12.4 Å². The van der Waals surface area contributed by atoms with Gasteiger partial charge in [-0.3, -0.25) is 0 Å². The van der Waals surface area contributed by atoms with E-state index in [4.69, 9.17) is 14.2 Å². The molecule has 1 aliphatic heterocycles. The first-order chi connectivity index (χ1) is 12.7. The third-order valence-electron chi connectivity index (χ3n) is 4.21. The molecule has 1 heterocycles. The van der Waals surface area contributed by atoms with Crippen LogP contribution in [0.5, 0.6) is 0 Å². The molecule has 2 aromatic carbocycles. The van der Waals surface area contributed by atoms with Crippen LogP contribution in [0.25, 0.3) is 0 Å². The molecule has 0 amide bonds. The van der Waals surface area contributed by atoms with E-state index in [0.717, 1.165) is 5.56 Å². The van der Waals surface area contributed by atoms with E-state index in [1.165, 1.54) is 0 Å². The van der Waals surface area contributed by atoms with Gasteiger partial charge in [-0.25, -0.2) is 4.79 Å². The van der Waals surface area contributed by atoms with Crippen molar-refractivity contribution >= 4 is 28.6 Å². The Morgan fingerprint density at radius 1 is 1.12 bits per heavy atom. The first-order valence-electron chi connectivity index (χ1n) is 8.48. The average Bonchev–Trinajstić information content (AvgIpc) is 2.69. The number of hydrogen-bond acceptors (Lipinski definition) is 5. The standard InChI is InChI=1S/C20H21IO5/c21-12-17-19(26-20(23)15-9-5-2-6-10-15)16(11-18(22)25-17)24-13-14-7-3-1-4-8-14/h1-10,16-19,22H,11-13H2/t16-,17-,18+,19+/m1/s1. The third kappa shape index (κ3) is 5.03. The number of hydrogen-bond donors (Lipinski definition) is 1. The number of esters is 1. The Labute approximate surface area is 166 Å². The number of ether oxygens (including phenoxy) is 3. The zero-order valence-corrected chi connectivity index (χ0v) is 16.3. The number of rotatable bonds is 6. The fraction of sp³-hybridized carbons (Fsp3) is 0.350. The minimum Gasteiger partial charge on any atom is -0.453 e. The largest absolute Gasteiger partial charge is 0.453 e. The third-order valence-corrected chi connectivity index (χ3v) is 5.08. The number of carbonyl (C=O) groups is 1. The molecule has 0 radical (unpaired) electrons. The molecule has 4 atom stereocenters. The number of aliphatic hydroxyl groups is 1. The SMILES string of the molecule is O=C(O[C@H]1[C@H](OCc2ccccc2)C[C@@H](O)O[C@@H]1CI)c1ccccc1. The van der Waals surface area contributed by atoms with Gasteiger partial charge in [-0.15, -0.1) is 0 Å². The lowest BCUT2D eigenvalue weighted by Crippen LogP contribution is -2.52. The Kier molecular flexibility index (Phi) is 7.01. The highest BCUT2D eigenvalue weighted by molar-refractivity contribution is 14.1. The molecule has 0 aliphatic carbocycles. The lowest BCUT2D eigenvalue weighted by atomic mass is 10.0. The van der Waals surface area contributed by atoms with Gasteiger partial charge in [0.25, 0.3) is 0 Å². The maximum Gasteiger partial charge on any atom is 0.338 e. The van der Waals surface area contributed by atoms with Crippen molar-refractivity contribution in [3.8, 4) is 0 Å². The molecule has 3 rings (SSSR count). The molecule has 1 fully saturated rings. The van der Waals surface area contributed by atoms with Crippen LogP contribution in [0.1, 0.15) is 22.3 Å². The number of benzene rings is 2. The van der Waals surface area contributed by atoms with Crippen LogP contribution in [0.2, 0.25) is 0 Å². The molecule has 0 unspecified atom stereocenters. The summed E-state index contributed by atoms with van der Waals surface area (Å²) >= 11 is 2.16. The molecular weight excluding hydrogens is 447 g/mol. The van der Waals surface area contributed by atoms with Crippen LogP contribution >= 0.6 is 22.6 Å². The molecule has 0 spiro atoms. The van der Waals surface area contributed by atoms with Gasteiger partial charge < -0.3 is 19.3 Å². The summed E-state index contributed by atoms with van der Waals surface area (Å²) in [6, 6.07) is 18.6. The Bertz CT molecular complexity index is 694. The van der Waals surface area contributed by atoms with Crippen LogP contribution in [0.3, 0.4) is 0 Å². The predicted molar refractivity (Wildman–Crippen MR) is 105 cm³/mol. The zero-order chi connectivity index (χ0) is 18.4. The number of alkyl halides is 1. The second-order valence-electron chi connectivity index (χ2n) is 6.09. The van der Waals surface area contributed by atoms with E-state index in [1.807, 2.05) is 36.4 Å². The highest BCUT2D eigenvalue weighted by atomic mass is 127. The van der Waals surface area contributed by atoms with Gasteiger partial charge >= 0.3 is 5.97 Å². The summed E-state index contributed by atoms with van der Waals surface area (Å²) in [5, 5.41) is 10.0. The summed E-state index contributed by atoms with van der Waals surface area (Å²) in [5.41, 5.74) is 1.50. The molecule has 2 aromatic rings. The van der Waals surface area contributed by atoms with Crippen LogP contribution in [0.15, 0.2) is 60.7 Å². The summed E-state index contributed by atoms with van der Waals surface area (Å²) in [6.07, 6.45) is -2.11. The van der Waals surface area contributed by atoms with Crippen LogP contribution in [0.4, 0.5) is 0 Å². The van der Waals surface area contributed by atoms with Crippen LogP contribution in [-0.2, 0) is 20.8 Å². The van der Waals surface area contributed by atoms with Crippen LogP contribution in [0, 0.1) is 0 Å². The molecule has 6 heteroatoms. The van der Waals surface area contributed by atoms with Gasteiger partial charge in [-0.2, -0.15) is 0 Å². The van der Waals surface area contributed by atoms with Crippen LogP contribution < -0.4 is 0 Å². The van der Waals surface area contributed by atoms with Gasteiger partial charge in [0.2, 0.25) is 0 Å². The maximum atomic E-state index is 12.5. The average molecular weight is 468 g/mol. The second kappa shape index (κ2) is 9.45. The van der Waals surface area contributed by atoms with Crippen molar-refractivity contribution in [3.63, 3.8) is 0 Å². The Morgan fingerprint density at radius 2 is 1.77 bits per heavy atom. The van der Waals surface area contributed by atoms with E-state index in [0.29, 0.717) is 16.6 Å². The van der Waals surface area contributed by atoms with Crippen molar-refractivity contribution < 1.29 is 24.1 Å². The first kappa shape index (κ1) is 19.3. The highest BCUT2D eigenvalue weighted by Gasteiger charge is 2.41. The summed E-state index contributed by atoms with van der Waals surface area (Å²) in [4.78, 5) is 12.5. The molecule has 0 saturated carbocycles. The smallest absolute Gasteiger partial charge is 0.338 e. The quantitative estimate of drug-likeness (QED) is 0.401. The fourth-order valence-corrected chi connectivity index (χ4v) is 3.60. The Morgan fingerprint density at radius 3 is 2.42 bits per heavy atom. The molecule has 1 aliphatic rings. The molecular formula is C20H21IO5. The van der Waals surface area contributed by atoms with Gasteiger partial charge in [0, 0.05) is 10.8 Å². The topological polar surface area (TPSA) is 65.0 Å². The first-order valence-corrected chi connectivity index (χ1v) is 10.0. The van der Waals surface area contributed by atoms with Gasteiger partial charge in [0.1, 0.15) is 12.2 Å². The highest BCUT2D eigenvalue weighted by Crippen LogP contribution is 2.27. The van der Waals surface area contributed by atoms with E-state index in [2.05, 4.69) is 22.6 Å². The lowest BCUT2D eigenvalue weighted by Gasteiger charge is -2.38. The van der Waals surface area contributed by atoms with E-state index in [1.54, 1.807) is 24.3 Å². The Hall–Kier alpha value is -1.48. The van der Waals surface area contributed by atoms with Gasteiger partial charge in [0.05, 0.1) is 12.2 Å². The lowest BCUT2D eigenvalue weighted by molar-refractivity contribution is -0.235. The summed E-state index contributed by atoms with van der Waals surface area (Å²) in [5.74, 6) is -0.418. The van der Waals surface area contributed by atoms with Gasteiger partial charge in [-0.1, -0.05) is 71.1 Å². The van der Waals surface area contributed by atoms with E-state index in [-0.39, 0.29) is 6.42 Å². The van der Waals surface area contributed by atoms with Crippen LogP contribution in [-0.4, -0.2) is 40.1 Å². The van der Waals surface area contributed by atoms with Crippen molar-refractivity contribution in [3.05, 3.63) is 71.8 Å². The van der Waals surface area contributed by atoms with E-state index >= 15 is 0 Å². The number of carbonyl (C=O) groups excluding carboxylic acids is 1. The molecule has 26 heavy (non-hydrogen) atoms. The van der Waals surface area contributed by atoms with Crippen molar-refractivity contribution in [2.24, 2.45) is 0 Å². The van der Waals surface area contributed by atoms with Crippen molar-refractivity contribution in [1.29, 1.82) is 0 Å². The normalized spacial score (nSPS) is 25.6. The molecule has 1 N–H and O–H groups in total. The molecule has 1 saturated heterocycles. The predicted octanol–water partition coefficient (Wildman–Crippen LogP) is 3.34. The maximum absolute atomic E-state index is 12.5. The number of aliphatic hydroxyl groups excluding tert-OH is 1. The van der Waals surface area contributed by atoms with Crippen molar-refractivity contribution in [2.45, 2.75) is 37.6 Å². The van der Waals surface area contributed by atoms with Gasteiger partial charge in [-0.05, 0) is 17.7 Å². The Balaban J connectivity index is 1.71. The molecule has 5 nitrogen and oxygen atoms in total. The second-order valence-corrected chi connectivity index (χ2v) is 6.97. The zero-order valence-electron chi connectivity index (χ0n) is 14.2. The molecule has 138 valence electrons. The number of halogens is 1. The summed E-state index contributed by atoms with van der Waals surface area (Å²) in [6.45, 7) is 0.381. The molecule has 0 aromatic heterocycles. The molecule has 0 bridgehead atoms. The minimum atomic E-state index is -0.929. The fourth-order valence-electron chi connectivity index (χ4n) is 2.89. The summed E-state index contributed by atoms with van der Waals surface area (Å²) < 4.78 is 17.9. The minimum absolute atomic E-state index is 0.257. The van der Waals surface area contributed by atoms with E-state index < -0.39 is 30.6 Å². The van der Waals surface area contributed by atoms with Crippen molar-refractivity contribution in [1.82, 2.24) is 0 Å². The summed E-state index contributed by atoms with van der Waals surface area (Å²) in [7, 11) is 0. The van der Waals surface area contributed by atoms with Crippen molar-refractivity contribution in [2.75, 3.05) is 4.43 Å². The van der Waals surface area contributed by atoms with E-state index in [9.17, 15) is 9.90 Å².